The van der Waals surface area contributed by atoms with Gasteiger partial charge in [-0.3, -0.25) is 14.4 Å². The number of hydrogen-bond donors (Lipinski definition) is 0. The highest BCUT2D eigenvalue weighted by Crippen LogP contribution is 2.12. The smallest absolute Gasteiger partial charge is 0.306 e. The molecule has 6 nitrogen and oxygen atoms in total. The van der Waals surface area contributed by atoms with Gasteiger partial charge in [0.05, 0.1) is 0 Å². The Kier molecular flexibility index (Phi) is 48.0. The maximum atomic E-state index is 12.8. The van der Waals surface area contributed by atoms with Gasteiger partial charge in [-0.1, -0.05) is 195 Å². The van der Waals surface area contributed by atoms with E-state index in [0.29, 0.717) is 12.8 Å². The first-order chi connectivity index (χ1) is 31.0. The third kappa shape index (κ3) is 49.2. The van der Waals surface area contributed by atoms with Crippen molar-refractivity contribution in [3.8, 4) is 0 Å². The van der Waals surface area contributed by atoms with E-state index in [9.17, 15) is 14.4 Å². The predicted octanol–water partition coefficient (Wildman–Crippen LogP) is 17.0. The fraction of sp³-hybridized carbons (Fsp3) is 0.667. The molecule has 0 aliphatic heterocycles. The highest BCUT2D eigenvalue weighted by atomic mass is 16.6. The van der Waals surface area contributed by atoms with Crippen molar-refractivity contribution < 1.29 is 28.6 Å². The number of carbonyl (C=O) groups excluding carboxylic acids is 3. The van der Waals surface area contributed by atoms with Crippen LogP contribution in [0.5, 0.6) is 0 Å². The second kappa shape index (κ2) is 51.0. The lowest BCUT2D eigenvalue weighted by Crippen LogP contribution is -2.30. The first-order valence-electron chi connectivity index (χ1n) is 25.8. The Hall–Kier alpha value is -3.67. The fourth-order valence-corrected chi connectivity index (χ4v) is 6.70. The lowest BCUT2D eigenvalue weighted by Gasteiger charge is -2.18. The molecule has 0 fully saturated rings. The van der Waals surface area contributed by atoms with Crippen molar-refractivity contribution in [2.24, 2.45) is 0 Å². The molecule has 0 aromatic heterocycles. The van der Waals surface area contributed by atoms with Gasteiger partial charge in [0.15, 0.2) is 6.10 Å². The standard InChI is InChI=1S/C57H94O6/c1-4-7-10-13-16-19-22-25-27-29-31-32-35-38-41-44-47-50-56(59)62-53-54(52-61-55(58)49-46-43-40-37-34-24-21-18-15-12-9-6-3)63-57(60)51-48-45-42-39-36-33-30-28-26-23-20-17-14-11-8-5-2/h7,10,16,18-19,21,25,27-28,30-33,36,38,41,54H,4-6,8-9,11-15,17,20,22-24,26,29,34-35,37,39-40,42-53H2,1-3H3/b10-7-,19-16-,21-18-,27-25-,30-28-,32-31-,36-33-,41-38-. The van der Waals surface area contributed by atoms with Crippen molar-refractivity contribution in [3.63, 3.8) is 0 Å². The van der Waals surface area contributed by atoms with Crippen molar-refractivity contribution in [2.45, 2.75) is 232 Å². The van der Waals surface area contributed by atoms with Gasteiger partial charge in [-0.05, 0) is 109 Å². The molecule has 358 valence electrons. The monoisotopic (exact) mass is 875 g/mol. The minimum atomic E-state index is -0.817. The van der Waals surface area contributed by atoms with E-state index in [0.717, 1.165) is 103 Å². The highest BCUT2D eigenvalue weighted by Gasteiger charge is 2.19. The molecular weight excluding hydrogens is 781 g/mol. The SMILES string of the molecule is CC/C=C\C/C=C\C/C=C\C/C=C\C/C=C\CCCC(=O)OCC(COC(=O)CCCCCCC/C=C\CCCCC)OC(=O)CCCCC/C=C\C=C/CCCCCCCCC. The van der Waals surface area contributed by atoms with E-state index in [1.165, 1.54) is 77.0 Å². The van der Waals surface area contributed by atoms with Crippen LogP contribution in [-0.4, -0.2) is 37.2 Å². The van der Waals surface area contributed by atoms with Crippen LogP contribution in [0.1, 0.15) is 226 Å². The van der Waals surface area contributed by atoms with Gasteiger partial charge in [0.25, 0.3) is 0 Å². The molecule has 63 heavy (non-hydrogen) atoms. The molecular formula is C57H94O6. The maximum absolute atomic E-state index is 12.8. The van der Waals surface area contributed by atoms with Crippen LogP contribution >= 0.6 is 0 Å². The minimum Gasteiger partial charge on any atom is -0.462 e. The Bertz CT molecular complexity index is 1280. The number of ether oxygens (including phenoxy) is 3. The van der Waals surface area contributed by atoms with E-state index >= 15 is 0 Å². The summed E-state index contributed by atoms with van der Waals surface area (Å²) in [5.74, 6) is -1.01. The van der Waals surface area contributed by atoms with E-state index in [4.69, 9.17) is 14.2 Å². The van der Waals surface area contributed by atoms with Crippen LogP contribution in [0.15, 0.2) is 97.2 Å². The summed E-state index contributed by atoms with van der Waals surface area (Å²) in [6.07, 6.45) is 66.8. The number of rotatable bonds is 45. The first kappa shape index (κ1) is 59.3. The summed E-state index contributed by atoms with van der Waals surface area (Å²) in [6.45, 7) is 6.40. The molecule has 1 unspecified atom stereocenters. The molecule has 6 heteroatoms. The van der Waals surface area contributed by atoms with Crippen molar-refractivity contribution in [2.75, 3.05) is 13.2 Å². The van der Waals surface area contributed by atoms with Crippen molar-refractivity contribution in [3.05, 3.63) is 97.2 Å². The van der Waals surface area contributed by atoms with Crippen LogP contribution in [0.3, 0.4) is 0 Å². The van der Waals surface area contributed by atoms with Gasteiger partial charge in [0.1, 0.15) is 13.2 Å². The summed E-state index contributed by atoms with van der Waals surface area (Å²) in [7, 11) is 0. The molecule has 0 saturated heterocycles. The van der Waals surface area contributed by atoms with Gasteiger partial charge in [-0.25, -0.2) is 0 Å². The van der Waals surface area contributed by atoms with Crippen molar-refractivity contribution in [1.82, 2.24) is 0 Å². The normalized spacial score (nSPS) is 12.9. The lowest BCUT2D eigenvalue weighted by molar-refractivity contribution is -0.167. The Morgan fingerprint density at radius 3 is 1.19 bits per heavy atom. The minimum absolute atomic E-state index is 0.111. The first-order valence-corrected chi connectivity index (χ1v) is 25.8. The number of unbranched alkanes of at least 4 members (excludes halogenated alkanes) is 19. The maximum Gasteiger partial charge on any atom is 0.306 e. The zero-order chi connectivity index (χ0) is 45.8. The Morgan fingerprint density at radius 1 is 0.349 bits per heavy atom. The zero-order valence-electron chi connectivity index (χ0n) is 40.8. The van der Waals surface area contributed by atoms with Gasteiger partial charge in [-0.15, -0.1) is 0 Å². The van der Waals surface area contributed by atoms with Gasteiger partial charge in [0, 0.05) is 19.3 Å². The largest absolute Gasteiger partial charge is 0.462 e. The summed E-state index contributed by atoms with van der Waals surface area (Å²) in [4.78, 5) is 37.9. The average molecular weight is 875 g/mol. The van der Waals surface area contributed by atoms with Gasteiger partial charge in [0.2, 0.25) is 0 Å². The van der Waals surface area contributed by atoms with Gasteiger partial charge >= 0.3 is 17.9 Å². The zero-order valence-corrected chi connectivity index (χ0v) is 40.8. The Morgan fingerprint density at radius 2 is 0.683 bits per heavy atom. The highest BCUT2D eigenvalue weighted by molar-refractivity contribution is 5.71. The molecule has 0 N–H and O–H groups in total. The van der Waals surface area contributed by atoms with Crippen LogP contribution in [0.25, 0.3) is 0 Å². The Labute approximate surface area is 387 Å². The molecule has 0 spiro atoms. The second-order valence-corrected chi connectivity index (χ2v) is 16.7. The quantitative estimate of drug-likeness (QED) is 0.0199. The van der Waals surface area contributed by atoms with E-state index < -0.39 is 6.10 Å². The van der Waals surface area contributed by atoms with Crippen LogP contribution in [-0.2, 0) is 28.6 Å². The van der Waals surface area contributed by atoms with Crippen LogP contribution in [0, 0.1) is 0 Å². The van der Waals surface area contributed by atoms with Gasteiger partial charge in [-0.2, -0.15) is 0 Å². The van der Waals surface area contributed by atoms with Crippen molar-refractivity contribution >= 4 is 17.9 Å². The molecule has 0 aromatic carbocycles. The molecule has 0 radical (unpaired) electrons. The predicted molar refractivity (Wildman–Crippen MR) is 270 cm³/mol. The molecule has 0 amide bonds. The van der Waals surface area contributed by atoms with Crippen LogP contribution < -0.4 is 0 Å². The fourth-order valence-electron chi connectivity index (χ4n) is 6.70. The van der Waals surface area contributed by atoms with E-state index in [2.05, 4.69) is 118 Å². The van der Waals surface area contributed by atoms with E-state index in [1.54, 1.807) is 0 Å². The molecule has 0 aliphatic rings. The van der Waals surface area contributed by atoms with Crippen molar-refractivity contribution in [1.29, 1.82) is 0 Å². The number of esters is 3. The topological polar surface area (TPSA) is 78.9 Å². The molecule has 0 heterocycles. The average Bonchev–Trinajstić information content (AvgIpc) is 3.28. The van der Waals surface area contributed by atoms with E-state index in [-0.39, 0.29) is 44.0 Å². The molecule has 0 saturated carbocycles. The number of carbonyl (C=O) groups is 3. The molecule has 0 rings (SSSR count). The summed E-state index contributed by atoms with van der Waals surface area (Å²) < 4.78 is 16.7. The number of allylic oxidation sites excluding steroid dienone is 16. The van der Waals surface area contributed by atoms with Gasteiger partial charge < -0.3 is 14.2 Å². The molecule has 0 aromatic rings. The van der Waals surface area contributed by atoms with Crippen LogP contribution in [0.4, 0.5) is 0 Å². The summed E-state index contributed by atoms with van der Waals surface area (Å²) in [5.41, 5.74) is 0. The molecule has 0 aliphatic carbocycles. The molecule has 0 bridgehead atoms. The summed E-state index contributed by atoms with van der Waals surface area (Å²) >= 11 is 0. The van der Waals surface area contributed by atoms with Crippen LogP contribution in [0.2, 0.25) is 0 Å². The third-order valence-electron chi connectivity index (χ3n) is 10.6. The second-order valence-electron chi connectivity index (χ2n) is 16.7. The summed E-state index contributed by atoms with van der Waals surface area (Å²) in [6, 6.07) is 0. The van der Waals surface area contributed by atoms with E-state index in [1.807, 2.05) is 0 Å². The number of hydrogen-bond acceptors (Lipinski definition) is 6. The third-order valence-corrected chi connectivity index (χ3v) is 10.6. The summed E-state index contributed by atoms with van der Waals surface area (Å²) in [5, 5.41) is 0. The molecule has 1 atom stereocenters. The Balaban J connectivity index is 4.54. The lowest BCUT2D eigenvalue weighted by atomic mass is 10.1.